The molecule has 0 spiro atoms. The van der Waals surface area contributed by atoms with Crippen molar-refractivity contribution in [3.8, 4) is 5.75 Å². The van der Waals surface area contributed by atoms with Crippen LogP contribution in [0.5, 0.6) is 5.75 Å². The summed E-state index contributed by atoms with van der Waals surface area (Å²) in [6.45, 7) is 0.978. The number of anilines is 1. The number of para-hydroxylation sites is 1. The Balaban J connectivity index is 2.04. The van der Waals surface area contributed by atoms with Crippen LogP contribution in [0.15, 0.2) is 47.4 Å². The molecule has 4 nitrogen and oxygen atoms in total. The van der Waals surface area contributed by atoms with Crippen LogP contribution < -0.4 is 10.1 Å². The summed E-state index contributed by atoms with van der Waals surface area (Å²) in [5, 5.41) is 2.89. The average Bonchev–Trinajstić information content (AvgIpc) is 2.55. The molecule has 0 bridgehead atoms. The topological polar surface area (TPSA) is 55.4 Å². The van der Waals surface area contributed by atoms with Crippen LogP contribution in [0.3, 0.4) is 0 Å². The molecule has 8 heteroatoms. The molecule has 25 heavy (non-hydrogen) atoms. The van der Waals surface area contributed by atoms with E-state index in [-0.39, 0.29) is 34.3 Å². The lowest BCUT2D eigenvalue weighted by Gasteiger charge is -2.12. The van der Waals surface area contributed by atoms with E-state index in [1.807, 2.05) is 0 Å². The summed E-state index contributed by atoms with van der Waals surface area (Å²) < 4.78 is 30.4. The summed E-state index contributed by atoms with van der Waals surface area (Å²) in [5.41, 5.74) is 0.526. The third kappa shape index (κ3) is 5.72. The third-order valence-electron chi connectivity index (χ3n) is 3.06. The number of ether oxygens (including phenoxy) is 1. The highest BCUT2D eigenvalue weighted by Crippen LogP contribution is 2.31. The number of ketones is 1. The lowest BCUT2D eigenvalue weighted by Crippen LogP contribution is -2.21. The number of rotatable bonds is 7. The van der Waals surface area contributed by atoms with Gasteiger partial charge in [-0.3, -0.25) is 9.59 Å². The SMILES string of the molecule is CC(=O)c1cc(Cl)ccc1OCC(=O)Nc1ccccc1SC(F)F. The number of hydrogen-bond acceptors (Lipinski definition) is 4. The zero-order chi connectivity index (χ0) is 18.4. The normalized spacial score (nSPS) is 10.6. The van der Waals surface area contributed by atoms with Gasteiger partial charge < -0.3 is 10.1 Å². The van der Waals surface area contributed by atoms with Crippen molar-refractivity contribution in [1.29, 1.82) is 0 Å². The predicted octanol–water partition coefficient (Wildman–Crippen LogP) is 4.87. The number of amides is 1. The van der Waals surface area contributed by atoms with E-state index in [9.17, 15) is 18.4 Å². The highest BCUT2D eigenvalue weighted by Gasteiger charge is 2.14. The van der Waals surface area contributed by atoms with Crippen molar-refractivity contribution < 1.29 is 23.1 Å². The molecule has 0 aromatic heterocycles. The average molecular weight is 386 g/mol. The lowest BCUT2D eigenvalue weighted by atomic mass is 10.1. The Bertz CT molecular complexity index is 786. The molecular weight excluding hydrogens is 372 g/mol. The Morgan fingerprint density at radius 1 is 1.24 bits per heavy atom. The van der Waals surface area contributed by atoms with E-state index in [4.69, 9.17) is 16.3 Å². The minimum Gasteiger partial charge on any atom is -0.483 e. The highest BCUT2D eigenvalue weighted by atomic mass is 35.5. The van der Waals surface area contributed by atoms with Gasteiger partial charge in [0.2, 0.25) is 0 Å². The second-order valence-electron chi connectivity index (χ2n) is 4.91. The van der Waals surface area contributed by atoms with E-state index in [0.29, 0.717) is 16.8 Å². The summed E-state index contributed by atoms with van der Waals surface area (Å²) >= 11 is 6.18. The van der Waals surface area contributed by atoms with Crippen molar-refractivity contribution in [3.63, 3.8) is 0 Å². The van der Waals surface area contributed by atoms with Gasteiger partial charge in [-0.2, -0.15) is 8.78 Å². The standard InChI is InChI=1S/C17H14ClF2NO3S/c1-10(22)12-8-11(18)6-7-14(12)24-9-16(23)21-13-4-2-3-5-15(13)25-17(19)20/h2-8,17H,9H2,1H3,(H,21,23). The molecule has 0 unspecified atom stereocenters. The summed E-state index contributed by atoms with van der Waals surface area (Å²) in [6, 6.07) is 10.7. The first-order valence-electron chi connectivity index (χ1n) is 7.14. The Morgan fingerprint density at radius 2 is 1.96 bits per heavy atom. The van der Waals surface area contributed by atoms with Crippen molar-refractivity contribution in [2.45, 2.75) is 17.6 Å². The Morgan fingerprint density at radius 3 is 2.64 bits per heavy atom. The molecule has 0 fully saturated rings. The first kappa shape index (κ1) is 19.2. The Hall–Kier alpha value is -2.12. The Kier molecular flexibility index (Phi) is 6.78. The molecule has 132 valence electrons. The number of nitrogens with one attached hydrogen (secondary N) is 1. The van der Waals surface area contributed by atoms with Gasteiger partial charge in [-0.1, -0.05) is 35.5 Å². The molecule has 0 heterocycles. The van der Waals surface area contributed by atoms with E-state index in [2.05, 4.69) is 5.32 Å². The number of hydrogen-bond donors (Lipinski definition) is 1. The molecule has 1 amide bonds. The second-order valence-corrected chi connectivity index (χ2v) is 6.38. The van der Waals surface area contributed by atoms with E-state index < -0.39 is 11.7 Å². The monoisotopic (exact) mass is 385 g/mol. The zero-order valence-electron chi connectivity index (χ0n) is 13.1. The van der Waals surface area contributed by atoms with Gasteiger partial charge in [-0.25, -0.2) is 0 Å². The molecule has 0 aliphatic rings. The summed E-state index contributed by atoms with van der Waals surface area (Å²) in [6.07, 6.45) is 0. The summed E-state index contributed by atoms with van der Waals surface area (Å²) in [5.74, 6) is -3.16. The van der Waals surface area contributed by atoms with Gasteiger partial charge in [0, 0.05) is 9.92 Å². The van der Waals surface area contributed by atoms with Crippen LogP contribution in [0.25, 0.3) is 0 Å². The molecule has 0 atom stereocenters. The number of halogens is 3. The summed E-state index contributed by atoms with van der Waals surface area (Å²) in [4.78, 5) is 23.9. The maximum atomic E-state index is 12.5. The minimum absolute atomic E-state index is 0.224. The van der Waals surface area contributed by atoms with Crippen LogP contribution in [-0.2, 0) is 4.79 Å². The number of carbonyl (C=O) groups excluding carboxylic acids is 2. The van der Waals surface area contributed by atoms with E-state index >= 15 is 0 Å². The second kappa shape index (κ2) is 8.82. The van der Waals surface area contributed by atoms with Crippen molar-refractivity contribution in [2.75, 3.05) is 11.9 Å². The van der Waals surface area contributed by atoms with Crippen LogP contribution in [-0.4, -0.2) is 24.1 Å². The molecule has 2 aromatic rings. The molecule has 0 saturated carbocycles. The lowest BCUT2D eigenvalue weighted by molar-refractivity contribution is -0.118. The van der Waals surface area contributed by atoms with Crippen molar-refractivity contribution >= 4 is 40.7 Å². The highest BCUT2D eigenvalue weighted by molar-refractivity contribution is 7.99. The number of carbonyl (C=O) groups is 2. The largest absolute Gasteiger partial charge is 0.483 e. The van der Waals surface area contributed by atoms with Crippen molar-refractivity contribution in [2.24, 2.45) is 0 Å². The number of alkyl halides is 2. The molecule has 2 aromatic carbocycles. The van der Waals surface area contributed by atoms with E-state index in [0.717, 1.165) is 0 Å². The maximum absolute atomic E-state index is 12.5. The van der Waals surface area contributed by atoms with Gasteiger partial charge in [-0.15, -0.1) is 0 Å². The fourth-order valence-electron chi connectivity index (χ4n) is 2.00. The molecule has 0 radical (unpaired) electrons. The van der Waals surface area contributed by atoms with Gasteiger partial charge >= 0.3 is 0 Å². The molecule has 0 saturated heterocycles. The fraction of sp³-hybridized carbons (Fsp3) is 0.176. The fourth-order valence-corrected chi connectivity index (χ4v) is 2.77. The molecular formula is C17H14ClF2NO3S. The van der Waals surface area contributed by atoms with Gasteiger partial charge in [0.15, 0.2) is 12.4 Å². The van der Waals surface area contributed by atoms with Crippen LogP contribution in [0.4, 0.5) is 14.5 Å². The van der Waals surface area contributed by atoms with Gasteiger partial charge in [0.1, 0.15) is 5.75 Å². The zero-order valence-corrected chi connectivity index (χ0v) is 14.7. The van der Waals surface area contributed by atoms with Gasteiger partial charge in [0.05, 0.1) is 11.3 Å². The molecule has 2 rings (SSSR count). The quantitative estimate of drug-likeness (QED) is 0.545. The molecule has 0 aliphatic carbocycles. The van der Waals surface area contributed by atoms with Gasteiger partial charge in [-0.05, 0) is 37.3 Å². The number of thioether (sulfide) groups is 1. The van der Waals surface area contributed by atoms with Crippen molar-refractivity contribution in [1.82, 2.24) is 0 Å². The first-order valence-corrected chi connectivity index (χ1v) is 8.39. The van der Waals surface area contributed by atoms with Crippen LogP contribution in [0.1, 0.15) is 17.3 Å². The Labute approximate surface area is 152 Å². The molecule has 0 aliphatic heterocycles. The first-order chi connectivity index (χ1) is 11.9. The summed E-state index contributed by atoms with van der Waals surface area (Å²) in [7, 11) is 0. The molecule has 1 N–H and O–H groups in total. The smallest absolute Gasteiger partial charge is 0.288 e. The maximum Gasteiger partial charge on any atom is 0.288 e. The third-order valence-corrected chi connectivity index (χ3v) is 4.08. The number of Topliss-reactive ketones (excluding diaryl/α,β-unsaturated/α-hetero) is 1. The van der Waals surface area contributed by atoms with Crippen LogP contribution >= 0.6 is 23.4 Å². The van der Waals surface area contributed by atoms with Crippen LogP contribution in [0.2, 0.25) is 5.02 Å². The van der Waals surface area contributed by atoms with E-state index in [1.54, 1.807) is 12.1 Å². The van der Waals surface area contributed by atoms with Crippen LogP contribution in [0, 0.1) is 0 Å². The predicted molar refractivity (Wildman–Crippen MR) is 93.9 cm³/mol. The minimum atomic E-state index is -2.60. The van der Waals surface area contributed by atoms with E-state index in [1.165, 1.54) is 37.3 Å². The number of benzene rings is 2. The van der Waals surface area contributed by atoms with Gasteiger partial charge in [0.25, 0.3) is 11.7 Å². The van der Waals surface area contributed by atoms with Crippen molar-refractivity contribution in [3.05, 3.63) is 53.1 Å².